The molecule has 0 aliphatic carbocycles. The van der Waals surface area contributed by atoms with Crippen molar-refractivity contribution in [3.8, 4) is 0 Å². The standard InChI is InChI=1S/C9H10ClN3O3.C9H9ClN2O/c1-6(14)4-5-11-9-7(13(15)16)2-3-8(10)12-9;10-8-2-1-6-5-7(13)3-4-11-9(6)12-8/h2-3H,4-5H2,1H3,(H,11,12);1-2H,3-5H2,(H,11,12). The number of carbonyl (C=O) groups excluding carboxylic acids is 2. The van der Waals surface area contributed by atoms with Gasteiger partial charge in [0.25, 0.3) is 0 Å². The van der Waals surface area contributed by atoms with Gasteiger partial charge in [-0.05, 0) is 19.1 Å². The van der Waals surface area contributed by atoms with Crippen LogP contribution >= 0.6 is 23.2 Å². The third kappa shape index (κ3) is 7.28. The predicted octanol–water partition coefficient (Wildman–Crippen LogP) is 3.70. The number of hydrogen-bond donors (Lipinski definition) is 2. The topological polar surface area (TPSA) is 127 Å². The average molecular weight is 440 g/mol. The third-order valence-corrected chi connectivity index (χ3v) is 4.26. The molecule has 0 saturated heterocycles. The first-order valence-corrected chi connectivity index (χ1v) is 9.47. The van der Waals surface area contributed by atoms with E-state index < -0.39 is 4.92 Å². The van der Waals surface area contributed by atoms with E-state index in [9.17, 15) is 19.7 Å². The first kappa shape index (κ1) is 22.5. The van der Waals surface area contributed by atoms with E-state index in [4.69, 9.17) is 23.2 Å². The molecule has 0 fully saturated rings. The lowest BCUT2D eigenvalue weighted by atomic mass is 10.1. The van der Waals surface area contributed by atoms with Crippen molar-refractivity contribution in [2.45, 2.75) is 26.2 Å². The highest BCUT2D eigenvalue weighted by atomic mass is 35.5. The Bertz CT molecular complexity index is 923. The van der Waals surface area contributed by atoms with E-state index in [1.165, 1.54) is 19.1 Å². The zero-order valence-corrected chi connectivity index (χ0v) is 17.1. The normalized spacial score (nSPS) is 12.6. The summed E-state index contributed by atoms with van der Waals surface area (Å²) in [5.74, 6) is 1.07. The molecule has 9 nitrogen and oxygen atoms in total. The summed E-state index contributed by atoms with van der Waals surface area (Å²) < 4.78 is 0. The number of nitro groups is 1. The molecule has 3 rings (SSSR count). The smallest absolute Gasteiger partial charge is 0.311 e. The summed E-state index contributed by atoms with van der Waals surface area (Å²) in [6.45, 7) is 2.39. The molecule has 0 radical (unpaired) electrons. The number of nitrogens with one attached hydrogen (secondary N) is 2. The van der Waals surface area contributed by atoms with Crippen LogP contribution in [0.1, 0.15) is 25.3 Å². The van der Waals surface area contributed by atoms with Crippen molar-refractivity contribution in [3.05, 3.63) is 50.2 Å². The minimum atomic E-state index is -0.556. The molecule has 0 saturated carbocycles. The predicted molar refractivity (Wildman–Crippen MR) is 111 cm³/mol. The molecule has 0 spiro atoms. The first-order chi connectivity index (χ1) is 13.8. The first-order valence-electron chi connectivity index (χ1n) is 8.71. The minimum absolute atomic E-state index is 0.00261. The second-order valence-corrected chi connectivity index (χ2v) is 6.95. The number of nitrogens with zero attached hydrogens (tertiary/aromatic N) is 3. The number of anilines is 2. The van der Waals surface area contributed by atoms with E-state index in [1.807, 2.05) is 6.07 Å². The Morgan fingerprint density at radius 2 is 1.93 bits per heavy atom. The van der Waals surface area contributed by atoms with Gasteiger partial charge in [0.2, 0.25) is 5.82 Å². The van der Waals surface area contributed by atoms with Gasteiger partial charge in [-0.2, -0.15) is 0 Å². The number of halogens is 2. The van der Waals surface area contributed by atoms with Gasteiger partial charge in [-0.3, -0.25) is 19.7 Å². The highest BCUT2D eigenvalue weighted by molar-refractivity contribution is 6.29. The van der Waals surface area contributed by atoms with Crippen molar-refractivity contribution in [2.24, 2.45) is 0 Å². The zero-order valence-electron chi connectivity index (χ0n) is 15.6. The molecule has 0 unspecified atom stereocenters. The van der Waals surface area contributed by atoms with Crippen molar-refractivity contribution >= 4 is 52.1 Å². The molecular formula is C18H19Cl2N5O4. The number of aromatic nitrogens is 2. The van der Waals surface area contributed by atoms with E-state index in [1.54, 1.807) is 6.07 Å². The van der Waals surface area contributed by atoms with Crippen LogP contribution in [0.2, 0.25) is 10.3 Å². The fourth-order valence-corrected chi connectivity index (χ4v) is 2.74. The summed E-state index contributed by atoms with van der Waals surface area (Å²) in [5.41, 5.74) is 0.778. The van der Waals surface area contributed by atoms with Gasteiger partial charge in [-0.1, -0.05) is 29.3 Å². The Balaban J connectivity index is 0.000000211. The van der Waals surface area contributed by atoms with Crippen LogP contribution in [0.4, 0.5) is 17.3 Å². The SMILES string of the molecule is CC(=O)CCNc1nc(Cl)ccc1[N+](=O)[O-].O=C1CCNc2nc(Cl)ccc2C1. The molecule has 11 heteroatoms. The van der Waals surface area contributed by atoms with Crippen LogP contribution in [0.5, 0.6) is 0 Å². The van der Waals surface area contributed by atoms with Crippen molar-refractivity contribution in [3.63, 3.8) is 0 Å². The maximum atomic E-state index is 11.2. The molecule has 2 aromatic heterocycles. The van der Waals surface area contributed by atoms with Crippen molar-refractivity contribution in [1.82, 2.24) is 9.97 Å². The Kier molecular flexibility index (Phi) is 8.29. The lowest BCUT2D eigenvalue weighted by Crippen LogP contribution is -2.09. The average Bonchev–Trinajstić information content (AvgIpc) is 2.82. The quantitative estimate of drug-likeness (QED) is 0.409. The van der Waals surface area contributed by atoms with Gasteiger partial charge >= 0.3 is 5.69 Å². The van der Waals surface area contributed by atoms with E-state index in [0.717, 1.165) is 11.4 Å². The van der Waals surface area contributed by atoms with Gasteiger partial charge in [0.05, 0.1) is 4.92 Å². The number of ketones is 2. The summed E-state index contributed by atoms with van der Waals surface area (Å²) in [5, 5.41) is 17.1. The van der Waals surface area contributed by atoms with Gasteiger partial charge in [0.1, 0.15) is 27.7 Å². The summed E-state index contributed by atoms with van der Waals surface area (Å²) in [4.78, 5) is 39.9. The van der Waals surface area contributed by atoms with Gasteiger partial charge in [-0.15, -0.1) is 0 Å². The number of hydrogen-bond acceptors (Lipinski definition) is 8. The van der Waals surface area contributed by atoms with E-state index in [2.05, 4.69) is 20.6 Å². The molecule has 154 valence electrons. The maximum absolute atomic E-state index is 11.2. The van der Waals surface area contributed by atoms with Crippen LogP contribution in [0.25, 0.3) is 0 Å². The van der Waals surface area contributed by atoms with Gasteiger partial charge < -0.3 is 10.6 Å². The van der Waals surface area contributed by atoms with Crippen LogP contribution < -0.4 is 10.6 Å². The Hall–Kier alpha value is -2.78. The molecular weight excluding hydrogens is 421 g/mol. The molecule has 2 aromatic rings. The van der Waals surface area contributed by atoms with E-state index in [0.29, 0.717) is 31.1 Å². The van der Waals surface area contributed by atoms with Gasteiger partial charge in [-0.25, -0.2) is 9.97 Å². The van der Waals surface area contributed by atoms with Crippen molar-refractivity contribution in [1.29, 1.82) is 0 Å². The molecule has 3 heterocycles. The molecule has 0 aromatic carbocycles. The second kappa shape index (κ2) is 10.7. The summed E-state index contributed by atoms with van der Waals surface area (Å²) >= 11 is 11.4. The number of pyridine rings is 2. The molecule has 0 atom stereocenters. The van der Waals surface area contributed by atoms with Crippen molar-refractivity contribution in [2.75, 3.05) is 23.7 Å². The molecule has 1 aliphatic heterocycles. The maximum Gasteiger partial charge on any atom is 0.311 e. The van der Waals surface area contributed by atoms with Crippen molar-refractivity contribution < 1.29 is 14.5 Å². The summed E-state index contributed by atoms with van der Waals surface area (Å²) in [7, 11) is 0. The Morgan fingerprint density at radius 3 is 2.62 bits per heavy atom. The van der Waals surface area contributed by atoms with Crippen LogP contribution in [0.3, 0.4) is 0 Å². The lowest BCUT2D eigenvalue weighted by Gasteiger charge is -2.04. The number of fused-ring (bicyclic) bond motifs is 1. The molecule has 29 heavy (non-hydrogen) atoms. The third-order valence-electron chi connectivity index (χ3n) is 3.83. The molecule has 1 aliphatic rings. The Labute approximate surface area is 177 Å². The monoisotopic (exact) mass is 439 g/mol. The number of Topliss-reactive ketones (excluding diaryl/α,β-unsaturated/α-hetero) is 2. The van der Waals surface area contributed by atoms with Crippen LogP contribution in [0, 0.1) is 10.1 Å². The highest BCUT2D eigenvalue weighted by Gasteiger charge is 2.15. The van der Waals surface area contributed by atoms with Crippen LogP contribution in [-0.4, -0.2) is 39.5 Å². The fraction of sp³-hybridized carbons (Fsp3) is 0.333. The Morgan fingerprint density at radius 1 is 1.24 bits per heavy atom. The highest BCUT2D eigenvalue weighted by Crippen LogP contribution is 2.23. The largest absolute Gasteiger partial charge is 0.369 e. The molecule has 2 N–H and O–H groups in total. The number of carbonyl (C=O) groups is 2. The van der Waals surface area contributed by atoms with Gasteiger partial charge in [0, 0.05) is 44.0 Å². The second-order valence-electron chi connectivity index (χ2n) is 6.17. The molecule has 0 bridgehead atoms. The fourth-order valence-electron chi connectivity index (χ4n) is 2.44. The number of rotatable bonds is 5. The molecule has 0 amide bonds. The van der Waals surface area contributed by atoms with Crippen LogP contribution in [0.15, 0.2) is 24.3 Å². The van der Waals surface area contributed by atoms with E-state index in [-0.39, 0.29) is 34.6 Å². The summed E-state index contributed by atoms with van der Waals surface area (Å²) in [6.07, 6.45) is 1.31. The van der Waals surface area contributed by atoms with Crippen LogP contribution in [-0.2, 0) is 16.0 Å². The van der Waals surface area contributed by atoms with Gasteiger partial charge in [0.15, 0.2) is 0 Å². The summed E-state index contributed by atoms with van der Waals surface area (Å²) in [6, 6.07) is 6.17. The lowest BCUT2D eigenvalue weighted by molar-refractivity contribution is -0.384. The minimum Gasteiger partial charge on any atom is -0.369 e. The zero-order chi connectivity index (χ0) is 21.4. The van der Waals surface area contributed by atoms with E-state index >= 15 is 0 Å².